The molecule has 4 nitrogen and oxygen atoms in total. The number of nitrogens with one attached hydrogen (secondary N) is 1. The monoisotopic (exact) mass is 181 g/mol. The number of H-pyrrole nitrogens is 1. The molecule has 1 rings (SSSR count). The molecular formula is C9H15N3O. The van der Waals surface area contributed by atoms with E-state index in [-0.39, 0.29) is 12.3 Å². The number of carbonyl (C=O) groups is 1. The standard InChI is InChI=1S/C9H15N3O/c1-6-9(7(2)12-11-6)4-3-8(13)5-10/h3-5,10H2,1-2H3,(H,11,12). The molecule has 0 bridgehead atoms. The summed E-state index contributed by atoms with van der Waals surface area (Å²) in [5.74, 6) is 0.0972. The van der Waals surface area contributed by atoms with Crippen LogP contribution >= 0.6 is 0 Å². The van der Waals surface area contributed by atoms with Crippen LogP contribution in [0.25, 0.3) is 0 Å². The average molecular weight is 181 g/mol. The van der Waals surface area contributed by atoms with Gasteiger partial charge >= 0.3 is 0 Å². The largest absolute Gasteiger partial charge is 0.324 e. The van der Waals surface area contributed by atoms with Gasteiger partial charge in [0.25, 0.3) is 0 Å². The predicted molar refractivity (Wildman–Crippen MR) is 50.4 cm³/mol. The SMILES string of the molecule is Cc1n[nH]c(C)c1CCC(=O)CN. The molecule has 13 heavy (non-hydrogen) atoms. The van der Waals surface area contributed by atoms with Gasteiger partial charge in [-0.1, -0.05) is 0 Å². The van der Waals surface area contributed by atoms with E-state index >= 15 is 0 Å². The van der Waals surface area contributed by atoms with E-state index in [2.05, 4.69) is 10.2 Å². The molecule has 0 saturated carbocycles. The van der Waals surface area contributed by atoms with Crippen LogP contribution in [-0.4, -0.2) is 22.5 Å². The minimum absolute atomic E-state index is 0.0972. The van der Waals surface area contributed by atoms with Crippen LogP contribution in [-0.2, 0) is 11.2 Å². The number of nitrogens with zero attached hydrogens (tertiary/aromatic N) is 1. The van der Waals surface area contributed by atoms with Gasteiger partial charge in [-0.2, -0.15) is 5.10 Å². The lowest BCUT2D eigenvalue weighted by molar-refractivity contribution is -0.117. The van der Waals surface area contributed by atoms with E-state index in [0.29, 0.717) is 6.42 Å². The lowest BCUT2D eigenvalue weighted by Gasteiger charge is -1.98. The number of aromatic nitrogens is 2. The van der Waals surface area contributed by atoms with E-state index in [1.807, 2.05) is 13.8 Å². The van der Waals surface area contributed by atoms with Crippen molar-refractivity contribution in [1.29, 1.82) is 0 Å². The van der Waals surface area contributed by atoms with E-state index in [9.17, 15) is 4.79 Å². The summed E-state index contributed by atoms with van der Waals surface area (Å²) in [6.45, 7) is 4.03. The average Bonchev–Trinajstić information content (AvgIpc) is 2.43. The maximum absolute atomic E-state index is 11.0. The van der Waals surface area contributed by atoms with Crippen molar-refractivity contribution in [3.05, 3.63) is 17.0 Å². The molecule has 0 amide bonds. The molecule has 1 aromatic rings. The molecule has 0 fully saturated rings. The molecule has 72 valence electrons. The molecule has 0 atom stereocenters. The lowest BCUT2D eigenvalue weighted by Crippen LogP contribution is -2.14. The Bertz CT molecular complexity index is 284. The van der Waals surface area contributed by atoms with E-state index in [4.69, 9.17) is 5.73 Å². The number of aryl methyl sites for hydroxylation is 2. The predicted octanol–water partition coefficient (Wildman–Crippen LogP) is 0.487. The molecule has 0 saturated heterocycles. The summed E-state index contributed by atoms with van der Waals surface area (Å²) in [4.78, 5) is 11.0. The van der Waals surface area contributed by atoms with Gasteiger partial charge in [-0.25, -0.2) is 0 Å². The zero-order valence-corrected chi connectivity index (χ0v) is 8.05. The van der Waals surface area contributed by atoms with Crippen LogP contribution in [0.4, 0.5) is 0 Å². The maximum Gasteiger partial charge on any atom is 0.146 e. The first-order valence-electron chi connectivity index (χ1n) is 4.37. The Balaban J connectivity index is 2.58. The Morgan fingerprint density at radius 1 is 1.54 bits per heavy atom. The minimum atomic E-state index is 0.0972. The van der Waals surface area contributed by atoms with Gasteiger partial charge in [0.2, 0.25) is 0 Å². The van der Waals surface area contributed by atoms with Gasteiger partial charge in [0.05, 0.1) is 12.2 Å². The maximum atomic E-state index is 11.0. The second-order valence-electron chi connectivity index (χ2n) is 3.16. The highest BCUT2D eigenvalue weighted by Crippen LogP contribution is 2.11. The van der Waals surface area contributed by atoms with E-state index < -0.39 is 0 Å². The molecule has 0 radical (unpaired) electrons. The van der Waals surface area contributed by atoms with Gasteiger partial charge in [-0.3, -0.25) is 9.89 Å². The number of aromatic amines is 1. The Morgan fingerprint density at radius 2 is 2.23 bits per heavy atom. The normalized spacial score (nSPS) is 10.4. The smallest absolute Gasteiger partial charge is 0.146 e. The van der Waals surface area contributed by atoms with Gasteiger partial charge in [0, 0.05) is 12.1 Å². The fourth-order valence-electron chi connectivity index (χ4n) is 1.31. The fraction of sp³-hybridized carbons (Fsp3) is 0.556. The molecule has 0 aliphatic carbocycles. The van der Waals surface area contributed by atoms with Crippen molar-refractivity contribution in [2.75, 3.05) is 6.54 Å². The van der Waals surface area contributed by atoms with Crippen LogP contribution in [0.3, 0.4) is 0 Å². The fourth-order valence-corrected chi connectivity index (χ4v) is 1.31. The van der Waals surface area contributed by atoms with Crippen LogP contribution in [0.15, 0.2) is 0 Å². The topological polar surface area (TPSA) is 71.8 Å². The number of carbonyl (C=O) groups excluding carboxylic acids is 1. The summed E-state index contributed by atoms with van der Waals surface area (Å²) in [6, 6.07) is 0. The van der Waals surface area contributed by atoms with Crippen LogP contribution in [0.5, 0.6) is 0 Å². The number of hydrogen-bond donors (Lipinski definition) is 2. The van der Waals surface area contributed by atoms with Crippen molar-refractivity contribution < 1.29 is 4.79 Å². The minimum Gasteiger partial charge on any atom is -0.324 e. The van der Waals surface area contributed by atoms with Crippen molar-refractivity contribution in [3.63, 3.8) is 0 Å². The molecular weight excluding hydrogens is 166 g/mol. The van der Waals surface area contributed by atoms with Crippen molar-refractivity contribution in [2.45, 2.75) is 26.7 Å². The lowest BCUT2D eigenvalue weighted by atomic mass is 10.1. The van der Waals surface area contributed by atoms with Crippen molar-refractivity contribution in [2.24, 2.45) is 5.73 Å². The third-order valence-electron chi connectivity index (χ3n) is 2.16. The van der Waals surface area contributed by atoms with Crippen molar-refractivity contribution in [3.8, 4) is 0 Å². The highest BCUT2D eigenvalue weighted by atomic mass is 16.1. The summed E-state index contributed by atoms with van der Waals surface area (Å²) in [6.07, 6.45) is 1.25. The Kier molecular flexibility index (Phi) is 3.19. The molecule has 0 aliphatic heterocycles. The summed E-state index contributed by atoms with van der Waals surface area (Å²) in [5.41, 5.74) is 8.37. The third kappa shape index (κ3) is 2.39. The highest BCUT2D eigenvalue weighted by Gasteiger charge is 2.07. The zero-order chi connectivity index (χ0) is 9.84. The number of rotatable bonds is 4. The Morgan fingerprint density at radius 3 is 2.69 bits per heavy atom. The van der Waals surface area contributed by atoms with Crippen LogP contribution in [0.1, 0.15) is 23.4 Å². The quantitative estimate of drug-likeness (QED) is 0.710. The first-order chi connectivity index (χ1) is 6.15. The summed E-state index contributed by atoms with van der Waals surface area (Å²) in [5, 5.41) is 6.94. The van der Waals surface area contributed by atoms with Gasteiger partial charge in [0.15, 0.2) is 0 Å². The number of hydrogen-bond acceptors (Lipinski definition) is 3. The second kappa shape index (κ2) is 4.18. The number of nitrogens with two attached hydrogens (primary N) is 1. The van der Waals surface area contributed by atoms with E-state index in [1.165, 1.54) is 0 Å². The number of Topliss-reactive ketones (excluding diaryl/α,β-unsaturated/α-hetero) is 1. The van der Waals surface area contributed by atoms with E-state index in [1.54, 1.807) is 0 Å². The Hall–Kier alpha value is -1.16. The highest BCUT2D eigenvalue weighted by molar-refractivity contribution is 5.80. The molecule has 0 unspecified atom stereocenters. The molecule has 1 aromatic heterocycles. The van der Waals surface area contributed by atoms with Crippen LogP contribution in [0.2, 0.25) is 0 Å². The summed E-state index contributed by atoms with van der Waals surface area (Å²) < 4.78 is 0. The molecule has 0 spiro atoms. The van der Waals surface area contributed by atoms with Gasteiger partial charge < -0.3 is 5.73 Å². The molecule has 0 aliphatic rings. The first kappa shape index (κ1) is 9.92. The second-order valence-corrected chi connectivity index (χ2v) is 3.16. The van der Waals surface area contributed by atoms with Crippen LogP contribution < -0.4 is 5.73 Å². The van der Waals surface area contributed by atoms with Gasteiger partial charge in [-0.05, 0) is 25.8 Å². The molecule has 0 aromatic carbocycles. The summed E-state index contributed by atoms with van der Waals surface area (Å²) in [7, 11) is 0. The van der Waals surface area contributed by atoms with Gasteiger partial charge in [-0.15, -0.1) is 0 Å². The third-order valence-corrected chi connectivity index (χ3v) is 2.16. The zero-order valence-electron chi connectivity index (χ0n) is 8.05. The molecule has 4 heteroatoms. The Labute approximate surface area is 77.5 Å². The molecule has 1 heterocycles. The van der Waals surface area contributed by atoms with Crippen LogP contribution in [0, 0.1) is 13.8 Å². The molecule has 3 N–H and O–H groups in total. The number of ketones is 1. The summed E-state index contributed by atoms with van der Waals surface area (Å²) >= 11 is 0. The van der Waals surface area contributed by atoms with E-state index in [0.717, 1.165) is 23.4 Å². The van der Waals surface area contributed by atoms with Gasteiger partial charge in [0.1, 0.15) is 5.78 Å². The first-order valence-corrected chi connectivity index (χ1v) is 4.37. The van der Waals surface area contributed by atoms with Crippen molar-refractivity contribution in [1.82, 2.24) is 10.2 Å². The van der Waals surface area contributed by atoms with Crippen molar-refractivity contribution >= 4 is 5.78 Å².